The number of benzene rings is 1. The van der Waals surface area contributed by atoms with Crippen molar-refractivity contribution in [3.8, 4) is 11.1 Å². The van der Waals surface area contributed by atoms with E-state index in [1.165, 1.54) is 5.56 Å². The minimum atomic E-state index is 0.580. The summed E-state index contributed by atoms with van der Waals surface area (Å²) in [6.07, 6.45) is 1.93. The number of hydrogen-bond donors (Lipinski definition) is 1. The Bertz CT molecular complexity index is 440. The molecule has 0 saturated carbocycles. The number of nitrogens with zero attached hydrogens (tertiary/aromatic N) is 2. The lowest BCUT2D eigenvalue weighted by Gasteiger charge is -1.98. The molecule has 2 aromatic rings. The quantitative estimate of drug-likeness (QED) is 0.741. The number of nitrogen functional groups attached to an aromatic ring is 1. The molecule has 0 bridgehead atoms. The molecular formula is C11H13N3. The summed E-state index contributed by atoms with van der Waals surface area (Å²) in [4.78, 5) is 0. The van der Waals surface area contributed by atoms with Gasteiger partial charge in [-0.3, -0.25) is 4.68 Å². The third-order valence-electron chi connectivity index (χ3n) is 2.22. The van der Waals surface area contributed by atoms with E-state index in [1.54, 1.807) is 4.68 Å². The highest BCUT2D eigenvalue weighted by atomic mass is 15.3. The van der Waals surface area contributed by atoms with Crippen LogP contribution in [-0.2, 0) is 7.05 Å². The molecule has 1 aromatic carbocycles. The second kappa shape index (κ2) is 3.18. The molecule has 2 N–H and O–H groups in total. The van der Waals surface area contributed by atoms with Crippen LogP contribution in [0.3, 0.4) is 0 Å². The first kappa shape index (κ1) is 8.81. The minimum absolute atomic E-state index is 0.580. The molecule has 0 radical (unpaired) electrons. The first-order valence-electron chi connectivity index (χ1n) is 4.53. The lowest BCUT2D eigenvalue weighted by molar-refractivity contribution is 0.772. The SMILES string of the molecule is Cc1ccc(-c2cn(C)nc2N)cc1. The molecule has 72 valence electrons. The monoisotopic (exact) mass is 187 g/mol. The van der Waals surface area contributed by atoms with Gasteiger partial charge in [-0.05, 0) is 12.5 Å². The molecule has 0 saturated heterocycles. The average Bonchev–Trinajstić information content (AvgIpc) is 2.47. The topological polar surface area (TPSA) is 43.8 Å². The van der Waals surface area contributed by atoms with Gasteiger partial charge in [-0.2, -0.15) is 5.10 Å². The average molecular weight is 187 g/mol. The van der Waals surface area contributed by atoms with E-state index in [0.29, 0.717) is 5.82 Å². The summed E-state index contributed by atoms with van der Waals surface area (Å²) in [7, 11) is 1.87. The molecule has 2 rings (SSSR count). The molecule has 0 aliphatic heterocycles. The molecule has 0 spiro atoms. The van der Waals surface area contributed by atoms with Crippen LogP contribution in [0.25, 0.3) is 11.1 Å². The number of hydrogen-bond acceptors (Lipinski definition) is 2. The van der Waals surface area contributed by atoms with Crippen LogP contribution >= 0.6 is 0 Å². The summed E-state index contributed by atoms with van der Waals surface area (Å²) in [6, 6.07) is 8.26. The Morgan fingerprint density at radius 3 is 2.36 bits per heavy atom. The maximum absolute atomic E-state index is 5.78. The third kappa shape index (κ3) is 1.48. The Labute approximate surface area is 83.2 Å². The van der Waals surface area contributed by atoms with Gasteiger partial charge in [0, 0.05) is 18.8 Å². The lowest BCUT2D eigenvalue weighted by atomic mass is 10.1. The van der Waals surface area contributed by atoms with E-state index >= 15 is 0 Å². The Kier molecular flexibility index (Phi) is 2.00. The van der Waals surface area contributed by atoms with Crippen LogP contribution in [-0.4, -0.2) is 9.78 Å². The fourth-order valence-electron chi connectivity index (χ4n) is 1.46. The molecule has 0 fully saturated rings. The van der Waals surface area contributed by atoms with E-state index in [9.17, 15) is 0 Å². The molecule has 0 unspecified atom stereocenters. The van der Waals surface area contributed by atoms with E-state index in [1.807, 2.05) is 13.2 Å². The van der Waals surface area contributed by atoms with Gasteiger partial charge in [0.15, 0.2) is 5.82 Å². The van der Waals surface area contributed by atoms with Gasteiger partial charge in [0.2, 0.25) is 0 Å². The van der Waals surface area contributed by atoms with E-state index in [4.69, 9.17) is 5.73 Å². The van der Waals surface area contributed by atoms with Crippen LogP contribution in [0, 0.1) is 6.92 Å². The number of aromatic nitrogens is 2. The number of nitrogens with two attached hydrogens (primary N) is 1. The Morgan fingerprint density at radius 2 is 1.86 bits per heavy atom. The van der Waals surface area contributed by atoms with Gasteiger partial charge in [-0.1, -0.05) is 29.8 Å². The van der Waals surface area contributed by atoms with Crippen molar-refractivity contribution < 1.29 is 0 Å². The second-order valence-corrected chi connectivity index (χ2v) is 3.47. The number of rotatable bonds is 1. The van der Waals surface area contributed by atoms with Crippen LogP contribution in [0.5, 0.6) is 0 Å². The van der Waals surface area contributed by atoms with Crippen molar-refractivity contribution in [2.75, 3.05) is 5.73 Å². The maximum atomic E-state index is 5.78. The largest absolute Gasteiger partial charge is 0.382 e. The molecule has 1 aromatic heterocycles. The van der Waals surface area contributed by atoms with Crippen molar-refractivity contribution in [2.45, 2.75) is 6.92 Å². The van der Waals surface area contributed by atoms with Crippen molar-refractivity contribution >= 4 is 5.82 Å². The second-order valence-electron chi connectivity index (χ2n) is 3.47. The summed E-state index contributed by atoms with van der Waals surface area (Å²) >= 11 is 0. The Balaban J connectivity index is 2.49. The summed E-state index contributed by atoms with van der Waals surface area (Å²) in [5.74, 6) is 0.580. The zero-order valence-corrected chi connectivity index (χ0v) is 8.36. The minimum Gasteiger partial charge on any atom is -0.382 e. The van der Waals surface area contributed by atoms with Gasteiger partial charge in [0.05, 0.1) is 0 Å². The molecule has 3 nitrogen and oxygen atoms in total. The van der Waals surface area contributed by atoms with E-state index < -0.39 is 0 Å². The van der Waals surface area contributed by atoms with Crippen molar-refractivity contribution in [1.29, 1.82) is 0 Å². The molecule has 14 heavy (non-hydrogen) atoms. The standard InChI is InChI=1S/C11H13N3/c1-8-3-5-9(6-4-8)10-7-14(2)13-11(10)12/h3-7H,1-2H3,(H2,12,13). The zero-order valence-electron chi connectivity index (χ0n) is 8.36. The van der Waals surface area contributed by atoms with Crippen LogP contribution in [0.2, 0.25) is 0 Å². The van der Waals surface area contributed by atoms with Gasteiger partial charge < -0.3 is 5.73 Å². The molecule has 1 heterocycles. The van der Waals surface area contributed by atoms with E-state index in [0.717, 1.165) is 11.1 Å². The molecular weight excluding hydrogens is 174 g/mol. The van der Waals surface area contributed by atoms with Crippen LogP contribution in [0.4, 0.5) is 5.82 Å². The van der Waals surface area contributed by atoms with Gasteiger partial charge in [-0.15, -0.1) is 0 Å². The van der Waals surface area contributed by atoms with Gasteiger partial charge >= 0.3 is 0 Å². The predicted octanol–water partition coefficient (Wildman–Crippen LogP) is 1.98. The first-order valence-corrected chi connectivity index (χ1v) is 4.53. The number of anilines is 1. The zero-order chi connectivity index (χ0) is 10.1. The predicted molar refractivity (Wildman–Crippen MR) is 57.8 cm³/mol. The molecule has 0 aliphatic carbocycles. The van der Waals surface area contributed by atoms with E-state index in [2.05, 4.69) is 36.3 Å². The van der Waals surface area contributed by atoms with Crippen molar-refractivity contribution in [2.24, 2.45) is 7.05 Å². The fourth-order valence-corrected chi connectivity index (χ4v) is 1.46. The van der Waals surface area contributed by atoms with Crippen molar-refractivity contribution in [3.05, 3.63) is 36.0 Å². The highest BCUT2D eigenvalue weighted by molar-refractivity contribution is 5.73. The molecule has 0 aliphatic rings. The highest BCUT2D eigenvalue weighted by Crippen LogP contribution is 2.24. The molecule has 0 atom stereocenters. The van der Waals surface area contributed by atoms with Crippen LogP contribution in [0.15, 0.2) is 30.5 Å². The lowest BCUT2D eigenvalue weighted by Crippen LogP contribution is -1.90. The first-order chi connectivity index (χ1) is 6.66. The smallest absolute Gasteiger partial charge is 0.153 e. The van der Waals surface area contributed by atoms with Gasteiger partial charge in [0.25, 0.3) is 0 Å². The van der Waals surface area contributed by atoms with Gasteiger partial charge in [-0.25, -0.2) is 0 Å². The van der Waals surface area contributed by atoms with Crippen molar-refractivity contribution in [1.82, 2.24) is 9.78 Å². The molecule has 0 amide bonds. The Hall–Kier alpha value is -1.77. The van der Waals surface area contributed by atoms with Crippen LogP contribution in [0.1, 0.15) is 5.56 Å². The van der Waals surface area contributed by atoms with E-state index in [-0.39, 0.29) is 0 Å². The fraction of sp³-hybridized carbons (Fsp3) is 0.182. The maximum Gasteiger partial charge on any atom is 0.153 e. The summed E-state index contributed by atoms with van der Waals surface area (Å²) < 4.78 is 1.73. The summed E-state index contributed by atoms with van der Waals surface area (Å²) in [6.45, 7) is 2.07. The van der Waals surface area contributed by atoms with Crippen molar-refractivity contribution in [3.63, 3.8) is 0 Å². The summed E-state index contributed by atoms with van der Waals surface area (Å²) in [5, 5.41) is 4.10. The van der Waals surface area contributed by atoms with Gasteiger partial charge in [0.1, 0.15) is 0 Å². The van der Waals surface area contributed by atoms with Crippen LogP contribution < -0.4 is 5.73 Å². The third-order valence-corrected chi connectivity index (χ3v) is 2.22. The summed E-state index contributed by atoms with van der Waals surface area (Å²) in [5.41, 5.74) is 9.13. The molecule has 3 heteroatoms. The Morgan fingerprint density at radius 1 is 1.21 bits per heavy atom. The normalized spacial score (nSPS) is 10.4. The number of aryl methyl sites for hydroxylation is 2. The highest BCUT2D eigenvalue weighted by Gasteiger charge is 2.05.